The first-order valence-corrected chi connectivity index (χ1v) is 9.65. The van der Waals surface area contributed by atoms with Gasteiger partial charge in [0.05, 0.1) is 0 Å². The van der Waals surface area contributed by atoms with E-state index in [9.17, 15) is 0 Å². The maximum atomic E-state index is 3.67. The van der Waals surface area contributed by atoms with Crippen molar-refractivity contribution in [1.82, 2.24) is 0 Å². The summed E-state index contributed by atoms with van der Waals surface area (Å²) in [4.78, 5) is 0. The molecule has 5 rings (SSSR count). The van der Waals surface area contributed by atoms with Gasteiger partial charge in [0, 0.05) is 10.4 Å². The summed E-state index contributed by atoms with van der Waals surface area (Å²) in [6.07, 6.45) is 0. The lowest BCUT2D eigenvalue weighted by Crippen LogP contribution is -2.01. The minimum atomic E-state index is 0.259. The van der Waals surface area contributed by atoms with Crippen LogP contribution in [0.2, 0.25) is 0 Å². The second-order valence-electron chi connectivity index (χ2n) is 6.71. The highest BCUT2D eigenvalue weighted by Gasteiger charge is 2.31. The third-order valence-electron chi connectivity index (χ3n) is 5.24. The van der Waals surface area contributed by atoms with Crippen molar-refractivity contribution in [3.8, 4) is 22.3 Å². The van der Waals surface area contributed by atoms with Crippen LogP contribution < -0.4 is 0 Å². The Labute approximate surface area is 162 Å². The average molecular weight is 397 g/mol. The first-order valence-electron chi connectivity index (χ1n) is 8.86. The molecule has 0 spiro atoms. The summed E-state index contributed by atoms with van der Waals surface area (Å²) in [5, 5.41) is 0. The zero-order chi connectivity index (χ0) is 17.5. The molecule has 1 atom stereocenters. The van der Waals surface area contributed by atoms with Gasteiger partial charge in [0.1, 0.15) is 0 Å². The number of halogens is 1. The van der Waals surface area contributed by atoms with Gasteiger partial charge >= 0.3 is 0 Å². The van der Waals surface area contributed by atoms with Gasteiger partial charge in [-0.05, 0) is 51.1 Å². The van der Waals surface area contributed by atoms with Gasteiger partial charge in [0.15, 0.2) is 0 Å². The van der Waals surface area contributed by atoms with Gasteiger partial charge in [-0.25, -0.2) is 0 Å². The number of hydrogen-bond acceptors (Lipinski definition) is 0. The van der Waals surface area contributed by atoms with E-state index in [1.165, 1.54) is 38.9 Å². The highest BCUT2D eigenvalue weighted by molar-refractivity contribution is 9.10. The molecule has 0 nitrogen and oxygen atoms in total. The Kier molecular flexibility index (Phi) is 3.76. The summed E-state index contributed by atoms with van der Waals surface area (Å²) in [5.74, 6) is 0.259. The molecule has 0 aromatic heterocycles. The van der Waals surface area contributed by atoms with E-state index in [2.05, 4.69) is 113 Å². The van der Waals surface area contributed by atoms with Gasteiger partial charge in [-0.2, -0.15) is 0 Å². The van der Waals surface area contributed by atoms with Crippen molar-refractivity contribution in [3.05, 3.63) is 118 Å². The van der Waals surface area contributed by atoms with Crippen LogP contribution in [0.25, 0.3) is 22.3 Å². The van der Waals surface area contributed by atoms with Crippen LogP contribution in [0.5, 0.6) is 0 Å². The number of fused-ring (bicyclic) bond motifs is 3. The van der Waals surface area contributed by atoms with Crippen LogP contribution >= 0.6 is 15.9 Å². The molecule has 0 saturated carbocycles. The first-order chi connectivity index (χ1) is 12.8. The van der Waals surface area contributed by atoms with Crippen molar-refractivity contribution in [2.24, 2.45) is 0 Å². The molecule has 0 saturated heterocycles. The van der Waals surface area contributed by atoms with Crippen LogP contribution in [-0.4, -0.2) is 0 Å². The molecule has 0 aliphatic heterocycles. The van der Waals surface area contributed by atoms with Crippen LogP contribution in [0.1, 0.15) is 22.6 Å². The molecule has 26 heavy (non-hydrogen) atoms. The fourth-order valence-corrected chi connectivity index (χ4v) is 4.52. The zero-order valence-corrected chi connectivity index (χ0v) is 15.8. The van der Waals surface area contributed by atoms with Gasteiger partial charge in [-0.15, -0.1) is 0 Å². The molecule has 0 amide bonds. The van der Waals surface area contributed by atoms with E-state index < -0.39 is 0 Å². The molecule has 1 unspecified atom stereocenters. The lowest BCUT2D eigenvalue weighted by molar-refractivity contribution is 1.02. The van der Waals surface area contributed by atoms with E-state index in [0.29, 0.717) is 0 Å². The molecular formula is C25H17Br. The molecule has 4 aromatic carbocycles. The Hall–Kier alpha value is -2.64. The Morgan fingerprint density at radius 3 is 1.85 bits per heavy atom. The highest BCUT2D eigenvalue weighted by Crippen LogP contribution is 2.50. The van der Waals surface area contributed by atoms with Gasteiger partial charge in [0.2, 0.25) is 0 Å². The van der Waals surface area contributed by atoms with Crippen LogP contribution in [0.15, 0.2) is 102 Å². The summed E-state index contributed by atoms with van der Waals surface area (Å²) < 4.78 is 1.13. The molecule has 4 aromatic rings. The van der Waals surface area contributed by atoms with Gasteiger partial charge < -0.3 is 0 Å². The number of hydrogen-bond donors (Lipinski definition) is 0. The van der Waals surface area contributed by atoms with E-state index >= 15 is 0 Å². The first kappa shape index (κ1) is 15.6. The fourth-order valence-electron chi connectivity index (χ4n) is 4.14. The highest BCUT2D eigenvalue weighted by atomic mass is 79.9. The summed E-state index contributed by atoms with van der Waals surface area (Å²) in [6.45, 7) is 0. The molecule has 124 valence electrons. The minimum absolute atomic E-state index is 0.259. The van der Waals surface area contributed by atoms with E-state index in [1.807, 2.05) is 0 Å². The number of benzene rings is 4. The summed E-state index contributed by atoms with van der Waals surface area (Å²) >= 11 is 3.67. The molecule has 0 radical (unpaired) electrons. The molecule has 1 heteroatoms. The average Bonchev–Trinajstić information content (AvgIpc) is 3.02. The Morgan fingerprint density at radius 1 is 0.500 bits per heavy atom. The van der Waals surface area contributed by atoms with Gasteiger partial charge in [-0.3, -0.25) is 0 Å². The SMILES string of the molecule is Brc1ccc2c(c1)C(c1ccccc1-c1ccccc1)c1ccccc1-2. The van der Waals surface area contributed by atoms with Crippen molar-refractivity contribution < 1.29 is 0 Å². The lowest BCUT2D eigenvalue weighted by atomic mass is 9.84. The predicted octanol–water partition coefficient (Wildman–Crippen LogP) is 7.28. The summed E-state index contributed by atoms with van der Waals surface area (Å²) in [6, 6.07) is 35.0. The smallest absolute Gasteiger partial charge is 0.0358 e. The Bertz CT molecular complexity index is 1100. The van der Waals surface area contributed by atoms with Crippen LogP contribution in [-0.2, 0) is 0 Å². The van der Waals surface area contributed by atoms with Crippen LogP contribution in [0.3, 0.4) is 0 Å². The van der Waals surface area contributed by atoms with Gasteiger partial charge in [-0.1, -0.05) is 101 Å². The van der Waals surface area contributed by atoms with Crippen LogP contribution in [0, 0.1) is 0 Å². The molecule has 0 bridgehead atoms. The van der Waals surface area contributed by atoms with Crippen molar-refractivity contribution in [1.29, 1.82) is 0 Å². The second-order valence-corrected chi connectivity index (χ2v) is 7.62. The standard InChI is InChI=1S/C25H17Br/c26-18-14-15-21-20-11-5-7-13-23(20)25(24(21)16-18)22-12-6-4-10-19(22)17-8-2-1-3-9-17/h1-16,25H. The second kappa shape index (κ2) is 6.26. The monoisotopic (exact) mass is 396 g/mol. The molecule has 0 fully saturated rings. The van der Waals surface area contributed by atoms with E-state index in [-0.39, 0.29) is 5.92 Å². The third kappa shape index (κ3) is 2.43. The van der Waals surface area contributed by atoms with Crippen LogP contribution in [0.4, 0.5) is 0 Å². The van der Waals surface area contributed by atoms with Crippen molar-refractivity contribution >= 4 is 15.9 Å². The molecule has 1 aliphatic rings. The topological polar surface area (TPSA) is 0 Å². The molecule has 0 N–H and O–H groups in total. The fraction of sp³-hybridized carbons (Fsp3) is 0.0400. The Balaban J connectivity index is 1.79. The van der Waals surface area contributed by atoms with E-state index in [4.69, 9.17) is 0 Å². The normalized spacial score (nSPS) is 14.7. The number of rotatable bonds is 2. The lowest BCUT2D eigenvalue weighted by Gasteiger charge is -2.19. The largest absolute Gasteiger partial charge is 0.0622 e. The van der Waals surface area contributed by atoms with E-state index in [0.717, 1.165) is 4.47 Å². The van der Waals surface area contributed by atoms with Crippen molar-refractivity contribution in [2.45, 2.75) is 5.92 Å². The van der Waals surface area contributed by atoms with Gasteiger partial charge in [0.25, 0.3) is 0 Å². The van der Waals surface area contributed by atoms with Crippen molar-refractivity contribution in [3.63, 3.8) is 0 Å². The summed E-state index contributed by atoms with van der Waals surface area (Å²) in [5.41, 5.74) is 9.40. The van der Waals surface area contributed by atoms with E-state index in [1.54, 1.807) is 0 Å². The maximum Gasteiger partial charge on any atom is 0.0358 e. The molecular weight excluding hydrogens is 380 g/mol. The maximum absolute atomic E-state index is 3.67. The molecule has 0 heterocycles. The Morgan fingerprint density at radius 2 is 1.08 bits per heavy atom. The zero-order valence-electron chi connectivity index (χ0n) is 14.2. The quantitative estimate of drug-likeness (QED) is 0.294. The molecule has 1 aliphatic carbocycles. The summed E-state index contributed by atoms with van der Waals surface area (Å²) in [7, 11) is 0. The predicted molar refractivity (Wildman–Crippen MR) is 112 cm³/mol. The minimum Gasteiger partial charge on any atom is -0.0622 e. The van der Waals surface area contributed by atoms with Crippen molar-refractivity contribution in [2.75, 3.05) is 0 Å². The third-order valence-corrected chi connectivity index (χ3v) is 5.74.